The van der Waals surface area contributed by atoms with Crippen molar-refractivity contribution in [1.82, 2.24) is 15.1 Å². The molecule has 1 N–H and O–H groups in total. The van der Waals surface area contributed by atoms with Crippen LogP contribution in [0.4, 0.5) is 0 Å². The van der Waals surface area contributed by atoms with E-state index in [-0.39, 0.29) is 0 Å². The van der Waals surface area contributed by atoms with Crippen LogP contribution in [0.5, 0.6) is 0 Å². The number of rotatable bonds is 6. The van der Waals surface area contributed by atoms with Crippen LogP contribution in [0.3, 0.4) is 0 Å². The summed E-state index contributed by atoms with van der Waals surface area (Å²) in [5.41, 5.74) is 4.02. The maximum absolute atomic E-state index is 4.23. The van der Waals surface area contributed by atoms with Gasteiger partial charge in [-0.3, -0.25) is 4.68 Å². The van der Waals surface area contributed by atoms with Crippen LogP contribution in [-0.2, 0) is 20.0 Å². The minimum absolute atomic E-state index is 0.590. The van der Waals surface area contributed by atoms with Crippen molar-refractivity contribution in [2.45, 2.75) is 38.8 Å². The van der Waals surface area contributed by atoms with E-state index in [4.69, 9.17) is 0 Å². The van der Waals surface area contributed by atoms with Crippen molar-refractivity contribution < 1.29 is 0 Å². The molecule has 0 amide bonds. The highest BCUT2D eigenvalue weighted by Crippen LogP contribution is 2.34. The summed E-state index contributed by atoms with van der Waals surface area (Å²) in [5, 5.41) is 7.95. The Morgan fingerprint density at radius 1 is 1.25 bits per heavy atom. The van der Waals surface area contributed by atoms with Gasteiger partial charge in [-0.1, -0.05) is 29.8 Å². The molecular weight excluding hydrogens is 246 g/mol. The lowest BCUT2D eigenvalue weighted by molar-refractivity contribution is 0.449. The summed E-state index contributed by atoms with van der Waals surface area (Å²) in [4.78, 5) is 0. The third-order valence-corrected chi connectivity index (χ3v) is 4.24. The van der Waals surface area contributed by atoms with Gasteiger partial charge in [0.15, 0.2) is 0 Å². The van der Waals surface area contributed by atoms with Gasteiger partial charge in [-0.25, -0.2) is 0 Å². The molecule has 1 aromatic carbocycles. The first-order chi connectivity index (χ1) is 9.72. The van der Waals surface area contributed by atoms with E-state index in [0.29, 0.717) is 6.04 Å². The molecule has 3 rings (SSSR count). The Balaban J connectivity index is 1.61. The van der Waals surface area contributed by atoms with Crippen molar-refractivity contribution in [3.05, 3.63) is 53.3 Å². The van der Waals surface area contributed by atoms with Crippen molar-refractivity contribution in [2.24, 2.45) is 13.0 Å². The molecule has 0 radical (unpaired) electrons. The van der Waals surface area contributed by atoms with Gasteiger partial charge in [0.1, 0.15) is 0 Å². The largest absolute Gasteiger partial charge is 0.308 e. The van der Waals surface area contributed by atoms with Crippen molar-refractivity contribution in [3.8, 4) is 0 Å². The minimum Gasteiger partial charge on any atom is -0.308 e. The quantitative estimate of drug-likeness (QED) is 0.874. The van der Waals surface area contributed by atoms with Crippen LogP contribution in [0, 0.1) is 12.8 Å². The summed E-state index contributed by atoms with van der Waals surface area (Å²) in [6, 6.07) is 11.6. The molecule has 3 heteroatoms. The van der Waals surface area contributed by atoms with Crippen LogP contribution in [-0.4, -0.2) is 15.8 Å². The number of nitrogens with zero attached hydrogens (tertiary/aromatic N) is 2. The Kier molecular flexibility index (Phi) is 3.88. The van der Waals surface area contributed by atoms with Gasteiger partial charge in [0.05, 0.1) is 5.69 Å². The van der Waals surface area contributed by atoms with Crippen molar-refractivity contribution in [2.75, 3.05) is 0 Å². The van der Waals surface area contributed by atoms with Crippen LogP contribution in [0.1, 0.15) is 29.7 Å². The Morgan fingerprint density at radius 2 is 2.00 bits per heavy atom. The van der Waals surface area contributed by atoms with E-state index in [1.54, 1.807) is 0 Å². The zero-order valence-corrected chi connectivity index (χ0v) is 12.3. The van der Waals surface area contributed by atoms with Crippen LogP contribution in [0.15, 0.2) is 36.5 Å². The lowest BCUT2D eigenvalue weighted by atomic mass is 10.0. The summed E-state index contributed by atoms with van der Waals surface area (Å²) in [6.45, 7) is 3.05. The standard InChI is InChI=1S/C17H23N3/c1-13-3-5-14(6-4-13)11-17(15-7-8-15)18-12-16-9-10-19-20(16)2/h3-6,9-10,15,17-18H,7-8,11-12H2,1-2H3/t17-/m0/s1. The third kappa shape index (κ3) is 3.28. The summed E-state index contributed by atoms with van der Waals surface area (Å²) in [5.74, 6) is 0.851. The maximum Gasteiger partial charge on any atom is 0.0518 e. The molecular formula is C17H23N3. The van der Waals surface area contributed by atoms with Crippen molar-refractivity contribution in [1.29, 1.82) is 0 Å². The normalized spacial score (nSPS) is 16.3. The van der Waals surface area contributed by atoms with Gasteiger partial charge < -0.3 is 5.32 Å². The molecule has 106 valence electrons. The second-order valence-electron chi connectivity index (χ2n) is 5.96. The fraction of sp³-hybridized carbons (Fsp3) is 0.471. The number of hydrogen-bond acceptors (Lipinski definition) is 2. The number of nitrogens with one attached hydrogen (secondary N) is 1. The lowest BCUT2D eigenvalue weighted by Gasteiger charge is -2.18. The molecule has 0 aliphatic heterocycles. The first kappa shape index (κ1) is 13.4. The molecule has 3 nitrogen and oxygen atoms in total. The molecule has 20 heavy (non-hydrogen) atoms. The highest BCUT2D eigenvalue weighted by atomic mass is 15.3. The van der Waals surface area contributed by atoms with E-state index in [1.807, 2.05) is 17.9 Å². The fourth-order valence-electron chi connectivity index (χ4n) is 2.69. The Hall–Kier alpha value is -1.61. The predicted octanol–water partition coefficient (Wildman–Crippen LogP) is 2.84. The zero-order chi connectivity index (χ0) is 13.9. The smallest absolute Gasteiger partial charge is 0.0518 e. The first-order valence-corrected chi connectivity index (χ1v) is 7.48. The number of aryl methyl sites for hydroxylation is 2. The van der Waals surface area contributed by atoms with Crippen LogP contribution >= 0.6 is 0 Å². The van der Waals surface area contributed by atoms with Gasteiger partial charge in [0.25, 0.3) is 0 Å². The van der Waals surface area contributed by atoms with E-state index in [9.17, 15) is 0 Å². The van der Waals surface area contributed by atoms with Gasteiger partial charge in [-0.2, -0.15) is 5.10 Å². The molecule has 0 bridgehead atoms. The average molecular weight is 269 g/mol. The predicted molar refractivity (Wildman–Crippen MR) is 81.4 cm³/mol. The molecule has 0 unspecified atom stereocenters. The molecule has 2 aromatic rings. The molecule has 1 fully saturated rings. The number of benzene rings is 1. The van der Waals surface area contributed by atoms with Gasteiger partial charge in [0, 0.05) is 25.8 Å². The van der Waals surface area contributed by atoms with Crippen LogP contribution < -0.4 is 5.32 Å². The van der Waals surface area contributed by atoms with E-state index in [1.165, 1.54) is 29.7 Å². The highest BCUT2D eigenvalue weighted by Gasteiger charge is 2.30. The maximum atomic E-state index is 4.23. The summed E-state index contributed by atoms with van der Waals surface area (Å²) in [7, 11) is 2.00. The van der Waals surface area contributed by atoms with Gasteiger partial charge in [0.2, 0.25) is 0 Å². The molecule has 1 heterocycles. The minimum atomic E-state index is 0.590. The SMILES string of the molecule is Cc1ccc(C[C@H](NCc2ccnn2C)C2CC2)cc1. The van der Waals surface area contributed by atoms with Crippen molar-refractivity contribution >= 4 is 0 Å². The second-order valence-corrected chi connectivity index (χ2v) is 5.96. The van der Waals surface area contributed by atoms with Crippen molar-refractivity contribution in [3.63, 3.8) is 0 Å². The summed E-state index contributed by atoms with van der Waals surface area (Å²) >= 11 is 0. The monoisotopic (exact) mass is 269 g/mol. The Labute approximate surface area is 121 Å². The molecule has 1 saturated carbocycles. The number of aromatic nitrogens is 2. The van der Waals surface area contributed by atoms with E-state index >= 15 is 0 Å². The summed E-state index contributed by atoms with van der Waals surface area (Å²) < 4.78 is 1.95. The Bertz CT molecular complexity index is 552. The molecule has 1 aliphatic carbocycles. The molecule has 0 spiro atoms. The number of hydrogen-bond donors (Lipinski definition) is 1. The molecule has 1 aromatic heterocycles. The van der Waals surface area contributed by atoms with Crippen LogP contribution in [0.25, 0.3) is 0 Å². The van der Waals surface area contributed by atoms with E-state index < -0.39 is 0 Å². The topological polar surface area (TPSA) is 29.9 Å². The van der Waals surface area contributed by atoms with Crippen LogP contribution in [0.2, 0.25) is 0 Å². The zero-order valence-electron chi connectivity index (χ0n) is 12.3. The highest BCUT2D eigenvalue weighted by molar-refractivity contribution is 5.22. The molecule has 1 aliphatic rings. The Morgan fingerprint density at radius 3 is 2.60 bits per heavy atom. The van der Waals surface area contributed by atoms with Gasteiger partial charge in [-0.15, -0.1) is 0 Å². The average Bonchev–Trinajstić information content (AvgIpc) is 3.21. The molecule has 0 saturated heterocycles. The first-order valence-electron chi connectivity index (χ1n) is 7.48. The van der Waals surface area contributed by atoms with E-state index in [0.717, 1.165) is 18.9 Å². The van der Waals surface area contributed by atoms with Gasteiger partial charge in [-0.05, 0) is 43.7 Å². The lowest BCUT2D eigenvalue weighted by Crippen LogP contribution is -2.33. The van der Waals surface area contributed by atoms with E-state index in [2.05, 4.69) is 47.7 Å². The fourth-order valence-corrected chi connectivity index (χ4v) is 2.69. The molecule has 1 atom stereocenters. The third-order valence-electron chi connectivity index (χ3n) is 4.24. The summed E-state index contributed by atoms with van der Waals surface area (Å²) in [6.07, 6.45) is 5.73. The second kappa shape index (κ2) is 5.80. The van der Waals surface area contributed by atoms with Gasteiger partial charge >= 0.3 is 0 Å².